The van der Waals surface area contributed by atoms with E-state index in [1.165, 1.54) is 143 Å². The minimum atomic E-state index is -1.87. The van der Waals surface area contributed by atoms with Gasteiger partial charge in [-0.3, -0.25) is 95.9 Å². The summed E-state index contributed by atoms with van der Waals surface area (Å²) >= 11 is 0. The van der Waals surface area contributed by atoms with E-state index < -0.39 is 248 Å². The lowest BCUT2D eigenvalue weighted by Crippen LogP contribution is -2.67. The maximum absolute atomic E-state index is 14.6. The number of nitrogens with two attached hydrogens (primary N) is 2. The molecule has 0 aromatic rings. The Morgan fingerprint density at radius 1 is 0.344 bits per heavy atom. The van der Waals surface area contributed by atoms with Crippen LogP contribution in [0, 0.1) is 17.8 Å². The third-order valence-electron chi connectivity index (χ3n) is 21.5. The zero-order chi connectivity index (χ0) is 97.2. The fourth-order valence-corrected chi connectivity index (χ4v) is 12.7. The Bertz CT molecular complexity index is 3940. The van der Waals surface area contributed by atoms with Crippen molar-refractivity contribution in [2.45, 2.75) is 368 Å². The van der Waals surface area contributed by atoms with Gasteiger partial charge in [0.1, 0.15) is 98.2 Å². The average molecular weight is 1780 g/mol. The molecular formula is C83H146N20O22. The van der Waals surface area contributed by atoms with Crippen molar-refractivity contribution in [1.29, 1.82) is 0 Å². The highest BCUT2D eigenvalue weighted by atomic mass is 16.3. The van der Waals surface area contributed by atoms with E-state index in [-0.39, 0.29) is 75.7 Å². The van der Waals surface area contributed by atoms with Gasteiger partial charge in [-0.1, -0.05) is 62.3 Å². The quantitative estimate of drug-likeness (QED) is 0.0285. The molecule has 20 amide bonds. The van der Waals surface area contributed by atoms with Crippen molar-refractivity contribution >= 4 is 118 Å². The van der Waals surface area contributed by atoms with Crippen LogP contribution in [0.4, 0.5) is 0 Å². The second-order valence-electron chi connectivity index (χ2n) is 37.5. The van der Waals surface area contributed by atoms with Crippen molar-refractivity contribution < 1.29 is 106 Å². The highest BCUT2D eigenvalue weighted by molar-refractivity contribution is 6.04. The number of hydrogen-bond acceptors (Lipinski definition) is 22. The van der Waals surface area contributed by atoms with Gasteiger partial charge in [-0.05, 0) is 200 Å². The maximum Gasteiger partial charge on any atom is 0.248 e. The molecule has 1 fully saturated rings. The third-order valence-corrected chi connectivity index (χ3v) is 21.5. The molecule has 1 saturated heterocycles. The molecule has 125 heavy (non-hydrogen) atoms. The second kappa shape index (κ2) is 47.0. The zero-order valence-electron chi connectivity index (χ0n) is 78.2. The van der Waals surface area contributed by atoms with Crippen LogP contribution in [0.5, 0.6) is 0 Å². The van der Waals surface area contributed by atoms with E-state index in [2.05, 4.69) is 90.4 Å². The molecule has 1 aliphatic rings. The van der Waals surface area contributed by atoms with Crippen molar-refractivity contribution in [3.63, 3.8) is 0 Å². The molecule has 0 spiro atoms. The summed E-state index contributed by atoms with van der Waals surface area (Å²) in [4.78, 5) is 275. The SMILES string of the molecule is CCC(C)(NC(=O)C(C)NC(=O)C(C)(C)NC(=O)C(CC(C)C)NC(=O)C(C)(CC)NC(=O)C(CCC(N)=O)NC(=O)C(C)(CC)NC(=O)C(C)(C)NC(=O)C(C)NC(=O)C(CO)NC(=O)C(C)(C)NC(C)=O)C(=O)NC(C)(C)C(=O)N1CCCC1C(=O)NC(CC(C)C)C(=O)NC(C)(C)C(=O)NC(C)(C)C(=O)NC(CCC(N)=O)C(=O)NC(CO)CC(C)C. The Labute approximate surface area is 733 Å². The van der Waals surface area contributed by atoms with Crippen LogP contribution < -0.4 is 102 Å². The Balaban J connectivity index is 3.31. The first-order valence-electron chi connectivity index (χ1n) is 42.5. The Morgan fingerprint density at radius 3 is 1.12 bits per heavy atom. The summed E-state index contributed by atoms with van der Waals surface area (Å²) in [6.45, 7) is 38.1. The number of nitrogens with zero attached hydrogens (tertiary/aromatic N) is 1. The number of aliphatic hydroxyl groups excluding tert-OH is 2. The molecule has 23 N–H and O–H groups in total. The third kappa shape index (κ3) is 34.6. The number of amides is 20. The summed E-state index contributed by atoms with van der Waals surface area (Å²) in [5.74, 6) is -17.2. The molecule has 42 heteroatoms. The molecule has 0 aromatic heterocycles. The summed E-state index contributed by atoms with van der Waals surface area (Å²) in [6, 6.07) is -11.7. The van der Waals surface area contributed by atoms with Crippen molar-refractivity contribution in [2.24, 2.45) is 29.2 Å². The number of rotatable bonds is 51. The van der Waals surface area contributed by atoms with Crippen molar-refractivity contribution in [3.05, 3.63) is 0 Å². The summed E-state index contributed by atoms with van der Waals surface area (Å²) in [5, 5.41) is 63.5. The zero-order valence-corrected chi connectivity index (χ0v) is 78.2. The van der Waals surface area contributed by atoms with Gasteiger partial charge in [0, 0.05) is 26.3 Å². The molecule has 12 atom stereocenters. The normalized spacial score (nSPS) is 16.6. The molecule has 0 bridgehead atoms. The molecule has 42 nitrogen and oxygen atoms in total. The van der Waals surface area contributed by atoms with Gasteiger partial charge in [-0.15, -0.1) is 0 Å². The monoisotopic (exact) mass is 1780 g/mol. The number of aliphatic hydroxyl groups is 2. The van der Waals surface area contributed by atoms with Crippen LogP contribution in [-0.2, 0) is 95.9 Å². The molecule has 0 aromatic carbocycles. The number of nitrogens with one attached hydrogen (secondary N) is 17. The van der Waals surface area contributed by atoms with E-state index in [1.54, 1.807) is 34.6 Å². The lowest BCUT2D eigenvalue weighted by molar-refractivity contribution is -0.146. The van der Waals surface area contributed by atoms with Crippen LogP contribution in [0.25, 0.3) is 0 Å². The topological polar surface area (TPSA) is 642 Å². The first-order chi connectivity index (χ1) is 57.0. The number of likely N-dealkylation sites (tertiary alicyclic amines) is 1. The van der Waals surface area contributed by atoms with Crippen LogP contribution >= 0.6 is 0 Å². The Hall–Kier alpha value is -10.7. The molecule has 12 unspecified atom stereocenters. The lowest BCUT2D eigenvalue weighted by Gasteiger charge is -2.37. The van der Waals surface area contributed by atoms with E-state index in [4.69, 9.17) is 11.5 Å². The molecule has 0 saturated carbocycles. The first kappa shape index (κ1) is 112. The number of carbonyl (C=O) groups excluding carboxylic acids is 20. The van der Waals surface area contributed by atoms with Crippen LogP contribution in [0.15, 0.2) is 0 Å². The highest BCUT2D eigenvalue weighted by Gasteiger charge is 2.49. The Morgan fingerprint density at radius 2 is 0.680 bits per heavy atom. The molecule has 0 aliphatic carbocycles. The standard InChI is InChI=1S/C83H146N20O22/c1-28-81(25,99-62(113)51(34-36-57(85)108)91-72(123)82(26,29-2)102-70(121)79(21,22)95-58(109)46(10)86-61(112)54(42-105)93-67(118)75(13,14)94-48(12)106)71(122)92-53(40-45(8)9)64(115)96-76(15,16)66(117)87-47(11)59(110)98-83(27,30-3)73(124)101-80(23,24)74(125)103-37-31-32-55(103)65(116)89-52(39-44(6)7)63(114)97-78(19,20)69(120)100-77(17,18)68(119)90-50(33-35-56(84)107)60(111)88-49(41-104)38-43(4)5/h43-47,49-55,104-105H,28-42H2,1-27H3,(H2,84,107)(H2,85,108)(H,86,112)(H,87,117)(H,88,111)(H,89,116)(H,90,119)(H,91,123)(H,92,122)(H,93,118)(H,94,106)(H,95,109)(H,96,115)(H,97,114)(H,98,110)(H,99,113)(H,100,120)(H,101,124)(H,102,121). The number of hydrogen-bond donors (Lipinski definition) is 21. The van der Waals surface area contributed by atoms with Crippen LogP contribution in [0.2, 0.25) is 0 Å². The van der Waals surface area contributed by atoms with E-state index in [0.717, 1.165) is 0 Å². The highest BCUT2D eigenvalue weighted by Crippen LogP contribution is 2.26. The largest absolute Gasteiger partial charge is 0.394 e. The van der Waals surface area contributed by atoms with Gasteiger partial charge >= 0.3 is 0 Å². The maximum atomic E-state index is 14.6. The summed E-state index contributed by atoms with van der Waals surface area (Å²) in [5.41, 5.74) is -5.02. The van der Waals surface area contributed by atoms with Gasteiger partial charge < -0.3 is 117 Å². The minimum absolute atomic E-state index is 0.0291. The van der Waals surface area contributed by atoms with Gasteiger partial charge in [0.15, 0.2) is 0 Å². The van der Waals surface area contributed by atoms with Gasteiger partial charge in [-0.25, -0.2) is 0 Å². The Kier molecular flexibility index (Phi) is 42.3. The predicted octanol–water partition coefficient (Wildman–Crippen LogP) is -3.21. The van der Waals surface area contributed by atoms with Crippen molar-refractivity contribution in [3.8, 4) is 0 Å². The lowest BCUT2D eigenvalue weighted by atomic mass is 9.92. The molecule has 0 radical (unpaired) electrons. The van der Waals surface area contributed by atoms with Crippen molar-refractivity contribution in [1.82, 2.24) is 95.3 Å². The second-order valence-corrected chi connectivity index (χ2v) is 37.5. The summed E-state index contributed by atoms with van der Waals surface area (Å²) in [7, 11) is 0. The minimum Gasteiger partial charge on any atom is -0.394 e. The molecule has 1 rings (SSSR count). The van der Waals surface area contributed by atoms with Gasteiger partial charge in [0.2, 0.25) is 118 Å². The van der Waals surface area contributed by atoms with Crippen molar-refractivity contribution in [2.75, 3.05) is 19.8 Å². The summed E-state index contributed by atoms with van der Waals surface area (Å²) in [6.07, 6.45) is -0.785. The van der Waals surface area contributed by atoms with E-state index in [1.807, 2.05) is 13.8 Å². The average Bonchev–Trinajstić information content (AvgIpc) is 1.53. The van der Waals surface area contributed by atoms with E-state index >= 15 is 0 Å². The smallest absolute Gasteiger partial charge is 0.248 e. The van der Waals surface area contributed by atoms with Crippen LogP contribution in [0.1, 0.15) is 264 Å². The molecule has 710 valence electrons. The molecule has 1 heterocycles. The van der Waals surface area contributed by atoms with Crippen LogP contribution in [0.3, 0.4) is 0 Å². The predicted molar refractivity (Wildman–Crippen MR) is 460 cm³/mol. The van der Waals surface area contributed by atoms with Gasteiger partial charge in [-0.2, -0.15) is 0 Å². The molecule has 1 aliphatic heterocycles. The summed E-state index contributed by atoms with van der Waals surface area (Å²) < 4.78 is 0. The van der Waals surface area contributed by atoms with Gasteiger partial charge in [0.25, 0.3) is 0 Å². The van der Waals surface area contributed by atoms with E-state index in [0.29, 0.717) is 12.8 Å². The fraction of sp³-hybridized carbons (Fsp3) is 0.759. The van der Waals surface area contributed by atoms with E-state index in [9.17, 15) is 106 Å². The molecular weight excluding hydrogens is 1630 g/mol. The number of carbonyl (C=O) groups is 20. The van der Waals surface area contributed by atoms with Gasteiger partial charge in [0.05, 0.1) is 19.3 Å². The first-order valence-corrected chi connectivity index (χ1v) is 42.5. The fourth-order valence-electron chi connectivity index (χ4n) is 12.7. The number of primary amides is 2. The van der Waals surface area contributed by atoms with Crippen LogP contribution in [-0.4, -0.2) is 257 Å².